The number of benzene rings is 2. The van der Waals surface area contributed by atoms with Crippen LogP contribution in [0.25, 0.3) is 11.3 Å². The van der Waals surface area contributed by atoms with Gasteiger partial charge in [-0.3, -0.25) is 0 Å². The summed E-state index contributed by atoms with van der Waals surface area (Å²) in [6.07, 6.45) is 2.96. The Morgan fingerprint density at radius 2 is 1.85 bits per heavy atom. The molecule has 0 saturated carbocycles. The van der Waals surface area contributed by atoms with Crippen LogP contribution in [0, 0.1) is 12.3 Å². The lowest BCUT2D eigenvalue weighted by Gasteiger charge is -2.43. The molecule has 0 radical (unpaired) electrons. The second-order valence-corrected chi connectivity index (χ2v) is 9.99. The SMILES string of the molecule is COc1ccc(-c2nc(CO)c(N3CCC4(CC3)Cc3ccccc3[C@H]4N)nc2C)c(Cl)c1Cl. The number of rotatable bonds is 4. The van der Waals surface area contributed by atoms with E-state index in [0.717, 1.165) is 43.9 Å². The van der Waals surface area contributed by atoms with Crippen LogP contribution in [0.3, 0.4) is 0 Å². The van der Waals surface area contributed by atoms with Crippen LogP contribution in [-0.2, 0) is 13.0 Å². The van der Waals surface area contributed by atoms with Crippen molar-refractivity contribution in [2.45, 2.75) is 38.8 Å². The van der Waals surface area contributed by atoms with Crippen molar-refractivity contribution < 1.29 is 9.84 Å². The van der Waals surface area contributed by atoms with Gasteiger partial charge in [0.2, 0.25) is 0 Å². The second kappa shape index (κ2) is 9.00. The molecule has 8 heteroatoms. The topological polar surface area (TPSA) is 84.5 Å². The van der Waals surface area contributed by atoms with E-state index in [1.165, 1.54) is 11.1 Å². The molecule has 1 aromatic heterocycles. The first-order chi connectivity index (χ1) is 16.4. The summed E-state index contributed by atoms with van der Waals surface area (Å²) in [7, 11) is 1.54. The average molecular weight is 499 g/mol. The van der Waals surface area contributed by atoms with E-state index in [9.17, 15) is 5.11 Å². The van der Waals surface area contributed by atoms with E-state index < -0.39 is 0 Å². The van der Waals surface area contributed by atoms with Gasteiger partial charge in [-0.25, -0.2) is 9.97 Å². The summed E-state index contributed by atoms with van der Waals surface area (Å²) in [6, 6.07) is 12.1. The number of anilines is 1. The van der Waals surface area contributed by atoms with E-state index in [2.05, 4.69) is 29.2 Å². The molecule has 178 valence electrons. The minimum absolute atomic E-state index is 0.0559. The standard InChI is InChI=1S/C26H28Cl2N4O2/c1-15-23(18-7-8-20(34-2)22(28)21(18)27)31-19(14-33)25(30-15)32-11-9-26(10-12-32)13-16-5-3-4-6-17(16)24(26)29/h3-8,24,33H,9-14,29H2,1-2H3/t24-/m1/s1. The first-order valence-corrected chi connectivity index (χ1v) is 12.2. The van der Waals surface area contributed by atoms with Crippen LogP contribution in [-0.4, -0.2) is 35.3 Å². The smallest absolute Gasteiger partial charge is 0.153 e. The van der Waals surface area contributed by atoms with Gasteiger partial charge in [-0.1, -0.05) is 47.5 Å². The third-order valence-corrected chi connectivity index (χ3v) is 8.31. The molecule has 1 aliphatic carbocycles. The van der Waals surface area contributed by atoms with Crippen molar-refractivity contribution in [2.75, 3.05) is 25.1 Å². The predicted octanol–water partition coefficient (Wildman–Crippen LogP) is 5.10. The molecular formula is C26H28Cl2N4O2. The summed E-state index contributed by atoms with van der Waals surface area (Å²) in [5.74, 6) is 1.22. The molecule has 2 heterocycles. The largest absolute Gasteiger partial charge is 0.495 e. The summed E-state index contributed by atoms with van der Waals surface area (Å²) < 4.78 is 5.25. The Morgan fingerprint density at radius 1 is 1.12 bits per heavy atom. The van der Waals surface area contributed by atoms with Gasteiger partial charge in [0.15, 0.2) is 5.82 Å². The Kier molecular flexibility index (Phi) is 6.19. The number of fused-ring (bicyclic) bond motifs is 1. The van der Waals surface area contributed by atoms with Crippen molar-refractivity contribution in [3.8, 4) is 17.0 Å². The maximum absolute atomic E-state index is 10.2. The van der Waals surface area contributed by atoms with Crippen molar-refractivity contribution in [2.24, 2.45) is 11.1 Å². The van der Waals surface area contributed by atoms with Crippen LogP contribution in [0.15, 0.2) is 36.4 Å². The lowest BCUT2D eigenvalue weighted by Crippen LogP contribution is -2.45. The third-order valence-electron chi connectivity index (χ3n) is 7.44. The van der Waals surface area contributed by atoms with Crippen molar-refractivity contribution >= 4 is 29.0 Å². The summed E-state index contributed by atoms with van der Waals surface area (Å²) in [5, 5.41) is 10.8. The average Bonchev–Trinajstić information content (AvgIpc) is 3.12. The van der Waals surface area contributed by atoms with Gasteiger partial charge in [0, 0.05) is 24.7 Å². The lowest BCUT2D eigenvalue weighted by atomic mass is 9.73. The molecule has 2 aliphatic rings. The highest BCUT2D eigenvalue weighted by molar-refractivity contribution is 6.44. The quantitative estimate of drug-likeness (QED) is 0.520. The number of nitrogens with two attached hydrogens (primary N) is 1. The second-order valence-electron chi connectivity index (χ2n) is 9.23. The minimum atomic E-state index is -0.219. The highest BCUT2D eigenvalue weighted by Gasteiger charge is 2.46. The maximum atomic E-state index is 10.2. The lowest BCUT2D eigenvalue weighted by molar-refractivity contribution is 0.186. The Labute approximate surface area is 209 Å². The van der Waals surface area contributed by atoms with Crippen LogP contribution < -0.4 is 15.4 Å². The highest BCUT2D eigenvalue weighted by Crippen LogP contribution is 2.51. The molecule has 0 unspecified atom stereocenters. The molecule has 1 fully saturated rings. The van der Waals surface area contributed by atoms with Crippen molar-refractivity contribution in [1.82, 2.24) is 9.97 Å². The van der Waals surface area contributed by atoms with Gasteiger partial charge in [-0.05, 0) is 54.9 Å². The molecule has 3 N–H and O–H groups in total. The van der Waals surface area contributed by atoms with Crippen LogP contribution in [0.4, 0.5) is 5.82 Å². The third kappa shape index (κ3) is 3.73. The number of hydrogen-bond acceptors (Lipinski definition) is 6. The zero-order valence-corrected chi connectivity index (χ0v) is 20.8. The summed E-state index contributed by atoms with van der Waals surface area (Å²) >= 11 is 12.9. The minimum Gasteiger partial charge on any atom is -0.495 e. The summed E-state index contributed by atoms with van der Waals surface area (Å²) in [4.78, 5) is 11.9. The molecule has 34 heavy (non-hydrogen) atoms. The zero-order chi connectivity index (χ0) is 24.0. The molecule has 5 rings (SSSR count). The molecule has 2 aromatic carbocycles. The van der Waals surface area contributed by atoms with E-state index in [-0.39, 0.29) is 18.1 Å². The molecule has 1 saturated heterocycles. The van der Waals surface area contributed by atoms with E-state index in [0.29, 0.717) is 32.7 Å². The van der Waals surface area contributed by atoms with Crippen LogP contribution in [0.5, 0.6) is 5.75 Å². The Balaban J connectivity index is 1.42. The number of piperidine rings is 1. The highest BCUT2D eigenvalue weighted by atomic mass is 35.5. The van der Waals surface area contributed by atoms with Crippen molar-refractivity contribution in [3.05, 3.63) is 69.0 Å². The number of aliphatic hydroxyl groups excluding tert-OH is 1. The van der Waals surface area contributed by atoms with Crippen LogP contribution in [0.1, 0.15) is 41.4 Å². The number of aromatic nitrogens is 2. The van der Waals surface area contributed by atoms with E-state index in [1.807, 2.05) is 13.0 Å². The van der Waals surface area contributed by atoms with Crippen molar-refractivity contribution in [1.29, 1.82) is 0 Å². The normalized spacial score (nSPS) is 18.9. The molecular weight excluding hydrogens is 471 g/mol. The zero-order valence-electron chi connectivity index (χ0n) is 19.3. The van der Waals surface area contributed by atoms with E-state index >= 15 is 0 Å². The number of aliphatic hydroxyl groups is 1. The van der Waals surface area contributed by atoms with Gasteiger partial charge in [0.05, 0.1) is 30.1 Å². The van der Waals surface area contributed by atoms with Gasteiger partial charge in [0.25, 0.3) is 0 Å². The predicted molar refractivity (Wildman–Crippen MR) is 136 cm³/mol. The number of ether oxygens (including phenoxy) is 1. The molecule has 0 bridgehead atoms. The number of aryl methyl sites for hydroxylation is 1. The van der Waals surface area contributed by atoms with Crippen LogP contribution >= 0.6 is 23.2 Å². The molecule has 3 aromatic rings. The van der Waals surface area contributed by atoms with E-state index in [1.54, 1.807) is 13.2 Å². The fourth-order valence-corrected chi connectivity index (χ4v) is 5.99. The van der Waals surface area contributed by atoms with E-state index in [4.69, 9.17) is 43.6 Å². The number of hydrogen-bond donors (Lipinski definition) is 2. The maximum Gasteiger partial charge on any atom is 0.153 e. The first kappa shape index (κ1) is 23.4. The van der Waals surface area contributed by atoms with Crippen molar-refractivity contribution in [3.63, 3.8) is 0 Å². The van der Waals surface area contributed by atoms with Gasteiger partial charge in [-0.15, -0.1) is 0 Å². The monoisotopic (exact) mass is 498 g/mol. The molecule has 6 nitrogen and oxygen atoms in total. The van der Waals surface area contributed by atoms with Gasteiger partial charge in [0.1, 0.15) is 16.5 Å². The fraction of sp³-hybridized carbons (Fsp3) is 0.385. The van der Waals surface area contributed by atoms with Gasteiger partial charge in [-0.2, -0.15) is 0 Å². The summed E-state index contributed by atoms with van der Waals surface area (Å²) in [5.41, 5.74) is 12.0. The Bertz CT molecular complexity index is 1240. The molecule has 1 aliphatic heterocycles. The molecule has 1 atom stereocenters. The number of halogens is 2. The Hall–Kier alpha value is -2.38. The first-order valence-electron chi connectivity index (χ1n) is 11.5. The number of nitrogens with zero attached hydrogens (tertiary/aromatic N) is 3. The van der Waals surface area contributed by atoms with Gasteiger partial charge >= 0.3 is 0 Å². The van der Waals surface area contributed by atoms with Gasteiger partial charge < -0.3 is 20.5 Å². The molecule has 0 amide bonds. The number of methoxy groups -OCH3 is 1. The molecule has 1 spiro atoms. The fourth-order valence-electron chi connectivity index (χ4n) is 5.50. The van der Waals surface area contributed by atoms with Crippen LogP contribution in [0.2, 0.25) is 10.0 Å². The summed E-state index contributed by atoms with van der Waals surface area (Å²) in [6.45, 7) is 3.31. The Morgan fingerprint density at radius 3 is 2.53 bits per heavy atom.